The van der Waals surface area contributed by atoms with Gasteiger partial charge in [0.1, 0.15) is 11.3 Å². The maximum Gasteiger partial charge on any atom is 0.287 e. The van der Waals surface area contributed by atoms with Gasteiger partial charge in [0.25, 0.3) is 5.88 Å². The number of benzene rings is 1. The summed E-state index contributed by atoms with van der Waals surface area (Å²) in [7, 11) is 0. The predicted octanol–water partition coefficient (Wildman–Crippen LogP) is 2.17. The second-order valence-corrected chi connectivity index (χ2v) is 3.25. The Kier molecular flexibility index (Phi) is 2.84. The molecule has 0 spiro atoms. The molecule has 0 bridgehead atoms. The fraction of sp³-hybridized carbons (Fsp3) is 0.200. The number of aliphatic hydroxyl groups is 1. The van der Waals surface area contributed by atoms with Gasteiger partial charge < -0.3 is 9.52 Å². The molecule has 0 unspecified atom stereocenters. The number of nitrogens with zero attached hydrogens (tertiary/aromatic N) is 1. The molecule has 0 aliphatic carbocycles. The van der Waals surface area contributed by atoms with E-state index in [9.17, 15) is 4.91 Å². The highest BCUT2D eigenvalue weighted by Gasteiger charge is 2.17. The summed E-state index contributed by atoms with van der Waals surface area (Å²) in [6.45, 7) is -0.0288. The third-order valence-electron chi connectivity index (χ3n) is 2.36. The van der Waals surface area contributed by atoms with Crippen LogP contribution in [0.5, 0.6) is 0 Å². The third kappa shape index (κ3) is 1.54. The van der Waals surface area contributed by atoms with Gasteiger partial charge in [-0.05, 0) is 18.1 Å². The van der Waals surface area contributed by atoms with Gasteiger partial charge >= 0.3 is 0 Å². The van der Waals surface area contributed by atoms with Crippen LogP contribution in [-0.4, -0.2) is 16.9 Å². The van der Waals surface area contributed by atoms with Crippen molar-refractivity contribution in [3.05, 3.63) is 28.7 Å². The zero-order chi connectivity index (χ0) is 11.5. The first-order valence-corrected chi connectivity index (χ1v) is 4.70. The first-order chi connectivity index (χ1) is 7.81. The Bertz CT molecular complexity index is 521. The molecule has 0 saturated carbocycles. The van der Waals surface area contributed by atoms with Crippen molar-refractivity contribution in [1.82, 2.24) is 0 Å². The number of rotatable bonds is 4. The first kappa shape index (κ1) is 10.6. The van der Waals surface area contributed by atoms with Crippen LogP contribution in [0.3, 0.4) is 0 Å². The Labute approximate surface area is 90.4 Å². The second-order valence-electron chi connectivity index (χ2n) is 3.25. The number of hydrogen-bond donors (Lipinski definition) is 3. The molecule has 0 radical (unpaired) electrons. The Morgan fingerprint density at radius 1 is 1.44 bits per heavy atom. The SMILES string of the molecule is O=Nc1oc2cccc(CCO)c2c1NO. The van der Waals surface area contributed by atoms with E-state index in [1.807, 2.05) is 5.48 Å². The summed E-state index contributed by atoms with van der Waals surface area (Å²) in [5.74, 6) is -0.206. The average Bonchev–Trinajstić information content (AvgIpc) is 2.68. The molecule has 2 aromatic rings. The average molecular weight is 222 g/mol. The quantitative estimate of drug-likeness (QED) is 0.544. The highest BCUT2D eigenvalue weighted by Crippen LogP contribution is 2.38. The lowest BCUT2D eigenvalue weighted by Crippen LogP contribution is -1.94. The fourth-order valence-electron chi connectivity index (χ4n) is 1.70. The van der Waals surface area contributed by atoms with Gasteiger partial charge in [0, 0.05) is 11.8 Å². The topological polar surface area (TPSA) is 95.1 Å². The van der Waals surface area contributed by atoms with E-state index in [2.05, 4.69) is 5.18 Å². The van der Waals surface area contributed by atoms with E-state index in [1.54, 1.807) is 18.2 Å². The van der Waals surface area contributed by atoms with Crippen LogP contribution in [0.15, 0.2) is 27.8 Å². The molecule has 1 heterocycles. The van der Waals surface area contributed by atoms with Crippen molar-refractivity contribution in [1.29, 1.82) is 0 Å². The van der Waals surface area contributed by atoms with Gasteiger partial charge in [0.05, 0.1) is 5.39 Å². The van der Waals surface area contributed by atoms with Crippen molar-refractivity contribution in [3.8, 4) is 0 Å². The van der Waals surface area contributed by atoms with E-state index < -0.39 is 0 Å². The molecule has 1 aromatic heterocycles. The van der Waals surface area contributed by atoms with Crippen molar-refractivity contribution in [2.24, 2.45) is 5.18 Å². The van der Waals surface area contributed by atoms with Crippen molar-refractivity contribution >= 4 is 22.5 Å². The summed E-state index contributed by atoms with van der Waals surface area (Å²) in [4.78, 5) is 10.5. The van der Waals surface area contributed by atoms with Crippen molar-refractivity contribution in [2.45, 2.75) is 6.42 Å². The minimum atomic E-state index is -0.206. The highest BCUT2D eigenvalue weighted by molar-refractivity contribution is 5.98. The summed E-state index contributed by atoms with van der Waals surface area (Å²) in [6.07, 6.45) is 0.407. The van der Waals surface area contributed by atoms with E-state index in [0.29, 0.717) is 17.4 Å². The van der Waals surface area contributed by atoms with Gasteiger partial charge in [0.2, 0.25) is 0 Å². The van der Waals surface area contributed by atoms with Gasteiger partial charge in [-0.15, -0.1) is 4.91 Å². The summed E-state index contributed by atoms with van der Waals surface area (Å²) in [6, 6.07) is 5.18. The second kappa shape index (κ2) is 4.30. The molecular formula is C10H10N2O4. The lowest BCUT2D eigenvalue weighted by atomic mass is 10.1. The normalized spacial score (nSPS) is 10.6. The molecule has 0 aliphatic rings. The minimum absolute atomic E-state index is 0.0288. The molecule has 0 saturated heterocycles. The highest BCUT2D eigenvalue weighted by atomic mass is 16.5. The molecule has 84 valence electrons. The largest absolute Gasteiger partial charge is 0.434 e. The predicted molar refractivity (Wildman–Crippen MR) is 57.9 cm³/mol. The maximum absolute atomic E-state index is 10.5. The van der Waals surface area contributed by atoms with Crippen LogP contribution < -0.4 is 5.48 Å². The Balaban J connectivity index is 2.73. The molecular weight excluding hydrogens is 212 g/mol. The van der Waals surface area contributed by atoms with Crippen LogP contribution in [0, 0.1) is 4.91 Å². The zero-order valence-electron chi connectivity index (χ0n) is 8.30. The lowest BCUT2D eigenvalue weighted by molar-refractivity contribution is 0.300. The van der Waals surface area contributed by atoms with Crippen molar-refractivity contribution in [3.63, 3.8) is 0 Å². The van der Waals surface area contributed by atoms with Crippen molar-refractivity contribution < 1.29 is 14.7 Å². The summed E-state index contributed by atoms with van der Waals surface area (Å²) in [5, 5.41) is 21.1. The van der Waals surface area contributed by atoms with Crippen molar-refractivity contribution in [2.75, 3.05) is 12.1 Å². The fourth-order valence-corrected chi connectivity index (χ4v) is 1.70. The molecule has 2 rings (SSSR count). The van der Waals surface area contributed by atoms with Crippen LogP contribution in [-0.2, 0) is 6.42 Å². The van der Waals surface area contributed by atoms with Crippen LogP contribution >= 0.6 is 0 Å². The van der Waals surface area contributed by atoms with Crippen LogP contribution in [0.25, 0.3) is 11.0 Å². The van der Waals surface area contributed by atoms with Crippen LogP contribution in [0.2, 0.25) is 0 Å². The molecule has 0 fully saturated rings. The monoisotopic (exact) mass is 222 g/mol. The lowest BCUT2D eigenvalue weighted by Gasteiger charge is -2.01. The molecule has 0 atom stereocenters. The van der Waals surface area contributed by atoms with E-state index in [-0.39, 0.29) is 18.2 Å². The number of aliphatic hydroxyl groups excluding tert-OH is 1. The molecule has 1 aromatic carbocycles. The summed E-state index contributed by atoms with van der Waals surface area (Å²) >= 11 is 0. The molecule has 0 aliphatic heterocycles. The Morgan fingerprint density at radius 2 is 2.25 bits per heavy atom. The number of nitroso groups, excluding NO2 is 1. The van der Waals surface area contributed by atoms with E-state index in [4.69, 9.17) is 14.7 Å². The van der Waals surface area contributed by atoms with Gasteiger partial charge in [-0.2, -0.15) is 0 Å². The number of hydrogen-bond acceptors (Lipinski definition) is 6. The number of fused-ring (bicyclic) bond motifs is 1. The van der Waals surface area contributed by atoms with Gasteiger partial charge in [0.15, 0.2) is 0 Å². The molecule has 6 nitrogen and oxygen atoms in total. The van der Waals surface area contributed by atoms with Crippen LogP contribution in [0.1, 0.15) is 5.56 Å². The summed E-state index contributed by atoms with van der Waals surface area (Å²) < 4.78 is 5.14. The third-order valence-corrected chi connectivity index (χ3v) is 2.36. The van der Waals surface area contributed by atoms with Gasteiger partial charge in [-0.3, -0.25) is 10.7 Å². The minimum Gasteiger partial charge on any atom is -0.434 e. The van der Waals surface area contributed by atoms with E-state index >= 15 is 0 Å². The van der Waals surface area contributed by atoms with Gasteiger partial charge in [-0.25, -0.2) is 0 Å². The Morgan fingerprint density at radius 3 is 2.88 bits per heavy atom. The van der Waals surface area contributed by atoms with Gasteiger partial charge in [-0.1, -0.05) is 12.1 Å². The maximum atomic E-state index is 10.5. The standard InChI is InChI=1S/C10H10N2O4/c13-5-4-6-2-1-3-7-8(6)9(11-14)10(12-15)16-7/h1-3,11,13-14H,4-5H2. The van der Waals surface area contributed by atoms with E-state index in [1.165, 1.54) is 0 Å². The number of anilines is 1. The molecule has 16 heavy (non-hydrogen) atoms. The first-order valence-electron chi connectivity index (χ1n) is 4.70. The number of furan rings is 1. The molecule has 0 amide bonds. The summed E-state index contributed by atoms with van der Waals surface area (Å²) in [5.41, 5.74) is 3.25. The molecule has 3 N–H and O–H groups in total. The smallest absolute Gasteiger partial charge is 0.287 e. The molecule has 6 heteroatoms. The Hall–Kier alpha value is -1.92. The zero-order valence-corrected chi connectivity index (χ0v) is 8.30. The number of nitrogens with one attached hydrogen (secondary N) is 1. The van der Waals surface area contributed by atoms with Crippen LogP contribution in [0.4, 0.5) is 11.6 Å². The van der Waals surface area contributed by atoms with E-state index in [0.717, 1.165) is 5.56 Å².